The summed E-state index contributed by atoms with van der Waals surface area (Å²) >= 11 is 6.03. The summed E-state index contributed by atoms with van der Waals surface area (Å²) in [4.78, 5) is 13.3. The summed E-state index contributed by atoms with van der Waals surface area (Å²) < 4.78 is 0. The number of benzene rings is 1. The van der Waals surface area contributed by atoms with Gasteiger partial charge in [-0.3, -0.25) is 4.79 Å². The van der Waals surface area contributed by atoms with Crippen LogP contribution < -0.4 is 0 Å². The molecule has 0 unspecified atom stereocenters. The predicted octanol–water partition coefficient (Wildman–Crippen LogP) is 3.43. The maximum absolute atomic E-state index is 11.7. The van der Waals surface area contributed by atoms with Gasteiger partial charge in [0.25, 0.3) is 0 Å². The third-order valence-electron chi connectivity index (χ3n) is 2.28. The number of carbonyl (C=O) groups excluding carboxylic acids is 1. The lowest BCUT2D eigenvalue weighted by molar-refractivity contribution is -0.125. The minimum Gasteiger partial charge on any atom is -0.338 e. The topological polar surface area (TPSA) is 20.3 Å². The first-order chi connectivity index (χ1) is 8.15. The number of nitrogens with zero attached hydrogens (tertiary/aromatic N) is 1. The molecule has 1 aromatic rings. The molecule has 2 nitrogen and oxygen atoms in total. The van der Waals surface area contributed by atoms with E-state index >= 15 is 0 Å². The molecule has 0 saturated heterocycles. The van der Waals surface area contributed by atoms with Crippen LogP contribution in [0.1, 0.15) is 12.5 Å². The third-order valence-corrected chi connectivity index (χ3v) is 2.65. The van der Waals surface area contributed by atoms with Gasteiger partial charge in [-0.1, -0.05) is 48.0 Å². The van der Waals surface area contributed by atoms with Crippen molar-refractivity contribution in [2.24, 2.45) is 0 Å². The van der Waals surface area contributed by atoms with Gasteiger partial charge in [0.2, 0.25) is 5.91 Å². The summed E-state index contributed by atoms with van der Waals surface area (Å²) in [5.41, 5.74) is 0.949. The van der Waals surface area contributed by atoms with Gasteiger partial charge in [-0.2, -0.15) is 0 Å². The maximum Gasteiger partial charge on any atom is 0.246 e. The number of carbonyl (C=O) groups is 1. The average molecular weight is 250 g/mol. The molecule has 0 spiro atoms. The van der Waals surface area contributed by atoms with Crippen molar-refractivity contribution in [3.8, 4) is 0 Å². The van der Waals surface area contributed by atoms with E-state index in [-0.39, 0.29) is 5.91 Å². The standard InChI is InChI=1S/C14H16ClNO/c1-3-4-5-10-14(17)16(2)11-12-8-6-7-9-13(12)15/h3-10H,11H2,1-2H3. The molecule has 0 atom stereocenters. The molecule has 90 valence electrons. The molecule has 0 radical (unpaired) electrons. The SMILES string of the molecule is CC=CC=CC(=O)N(C)Cc1ccccc1Cl. The van der Waals surface area contributed by atoms with Crippen LogP contribution in [-0.2, 0) is 11.3 Å². The highest BCUT2D eigenvalue weighted by Gasteiger charge is 2.07. The van der Waals surface area contributed by atoms with Gasteiger partial charge in [0, 0.05) is 24.7 Å². The number of amides is 1. The summed E-state index contributed by atoms with van der Waals surface area (Å²) in [6.45, 7) is 2.42. The molecule has 0 fully saturated rings. The summed E-state index contributed by atoms with van der Waals surface area (Å²) in [7, 11) is 1.76. The van der Waals surface area contributed by atoms with Gasteiger partial charge in [-0.05, 0) is 18.6 Å². The molecule has 0 saturated carbocycles. The Morgan fingerprint density at radius 3 is 2.71 bits per heavy atom. The summed E-state index contributed by atoms with van der Waals surface area (Å²) in [6.07, 6.45) is 6.96. The molecule has 1 rings (SSSR count). The van der Waals surface area contributed by atoms with Gasteiger partial charge in [0.15, 0.2) is 0 Å². The van der Waals surface area contributed by atoms with Gasteiger partial charge in [-0.15, -0.1) is 0 Å². The summed E-state index contributed by atoms with van der Waals surface area (Å²) in [5, 5.41) is 0.685. The van der Waals surface area contributed by atoms with E-state index in [9.17, 15) is 4.79 Å². The van der Waals surface area contributed by atoms with Crippen LogP contribution >= 0.6 is 11.6 Å². The molecule has 3 heteroatoms. The van der Waals surface area contributed by atoms with Crippen LogP contribution in [0.15, 0.2) is 48.6 Å². The smallest absolute Gasteiger partial charge is 0.246 e. The van der Waals surface area contributed by atoms with E-state index in [1.807, 2.05) is 43.3 Å². The zero-order valence-corrected chi connectivity index (χ0v) is 10.8. The lowest BCUT2D eigenvalue weighted by Gasteiger charge is -2.15. The fourth-order valence-corrected chi connectivity index (χ4v) is 1.53. The number of hydrogen-bond donors (Lipinski definition) is 0. The van der Waals surface area contributed by atoms with Crippen molar-refractivity contribution in [2.75, 3.05) is 7.05 Å². The first-order valence-electron chi connectivity index (χ1n) is 5.43. The van der Waals surface area contributed by atoms with Crippen molar-refractivity contribution in [1.82, 2.24) is 4.90 Å². The van der Waals surface area contributed by atoms with E-state index in [4.69, 9.17) is 11.6 Å². The Labute approximate surface area is 107 Å². The zero-order chi connectivity index (χ0) is 12.7. The molecule has 1 amide bonds. The Morgan fingerprint density at radius 1 is 1.35 bits per heavy atom. The molecule has 0 aliphatic rings. The molecule has 0 aromatic heterocycles. The van der Waals surface area contributed by atoms with Gasteiger partial charge >= 0.3 is 0 Å². The second-order valence-electron chi connectivity index (χ2n) is 3.67. The Balaban J connectivity index is 2.63. The van der Waals surface area contributed by atoms with Crippen LogP contribution in [-0.4, -0.2) is 17.9 Å². The average Bonchev–Trinajstić information content (AvgIpc) is 2.32. The molecular weight excluding hydrogens is 234 g/mol. The van der Waals surface area contributed by atoms with Gasteiger partial charge in [-0.25, -0.2) is 0 Å². The largest absolute Gasteiger partial charge is 0.338 e. The Bertz CT molecular complexity index is 438. The number of hydrogen-bond acceptors (Lipinski definition) is 1. The second kappa shape index (κ2) is 6.92. The number of likely N-dealkylation sites (N-methyl/N-ethyl adjacent to an activating group) is 1. The normalized spacial score (nSPS) is 11.2. The predicted molar refractivity (Wildman–Crippen MR) is 71.9 cm³/mol. The van der Waals surface area contributed by atoms with Crippen LogP contribution in [0.25, 0.3) is 0 Å². The molecular formula is C14H16ClNO. The Hall–Kier alpha value is -1.54. The van der Waals surface area contributed by atoms with Crippen LogP contribution in [0.2, 0.25) is 5.02 Å². The highest BCUT2D eigenvalue weighted by Crippen LogP contribution is 2.16. The number of rotatable bonds is 4. The van der Waals surface area contributed by atoms with Crippen molar-refractivity contribution in [1.29, 1.82) is 0 Å². The van der Waals surface area contributed by atoms with Crippen molar-refractivity contribution in [3.05, 3.63) is 59.2 Å². The van der Waals surface area contributed by atoms with Crippen molar-refractivity contribution in [2.45, 2.75) is 13.5 Å². The lowest BCUT2D eigenvalue weighted by Crippen LogP contribution is -2.24. The minimum absolute atomic E-state index is 0.0389. The van der Waals surface area contributed by atoms with Crippen LogP contribution in [0.4, 0.5) is 0 Å². The minimum atomic E-state index is -0.0389. The molecule has 1 aromatic carbocycles. The fraction of sp³-hybridized carbons (Fsp3) is 0.214. The second-order valence-corrected chi connectivity index (χ2v) is 4.08. The maximum atomic E-state index is 11.7. The Kier molecular flexibility index (Phi) is 5.50. The van der Waals surface area contributed by atoms with Crippen molar-refractivity contribution < 1.29 is 4.79 Å². The van der Waals surface area contributed by atoms with Gasteiger partial charge in [0.1, 0.15) is 0 Å². The summed E-state index contributed by atoms with van der Waals surface area (Å²) in [6, 6.07) is 7.53. The summed E-state index contributed by atoms with van der Waals surface area (Å²) in [5.74, 6) is -0.0389. The zero-order valence-electron chi connectivity index (χ0n) is 10.1. The van der Waals surface area contributed by atoms with E-state index in [0.717, 1.165) is 5.56 Å². The molecule has 0 N–H and O–H groups in total. The van der Waals surface area contributed by atoms with E-state index in [1.54, 1.807) is 18.0 Å². The monoisotopic (exact) mass is 249 g/mol. The molecule has 17 heavy (non-hydrogen) atoms. The van der Waals surface area contributed by atoms with Crippen LogP contribution in [0, 0.1) is 0 Å². The third kappa shape index (κ3) is 4.45. The number of allylic oxidation sites excluding steroid dienone is 3. The molecule has 0 aliphatic heterocycles. The fourth-order valence-electron chi connectivity index (χ4n) is 1.34. The lowest BCUT2D eigenvalue weighted by atomic mass is 10.2. The Morgan fingerprint density at radius 2 is 2.06 bits per heavy atom. The highest BCUT2D eigenvalue weighted by atomic mass is 35.5. The van der Waals surface area contributed by atoms with Crippen molar-refractivity contribution >= 4 is 17.5 Å². The molecule has 0 aliphatic carbocycles. The van der Waals surface area contributed by atoms with E-state index < -0.39 is 0 Å². The van der Waals surface area contributed by atoms with Crippen LogP contribution in [0.5, 0.6) is 0 Å². The highest BCUT2D eigenvalue weighted by molar-refractivity contribution is 6.31. The quantitative estimate of drug-likeness (QED) is 0.591. The molecule has 0 heterocycles. The van der Waals surface area contributed by atoms with E-state index in [0.29, 0.717) is 11.6 Å². The van der Waals surface area contributed by atoms with Gasteiger partial charge < -0.3 is 4.90 Å². The van der Waals surface area contributed by atoms with Crippen LogP contribution in [0.3, 0.4) is 0 Å². The van der Waals surface area contributed by atoms with Gasteiger partial charge in [0.05, 0.1) is 0 Å². The van der Waals surface area contributed by atoms with Crippen molar-refractivity contribution in [3.63, 3.8) is 0 Å². The first kappa shape index (κ1) is 13.5. The first-order valence-corrected chi connectivity index (χ1v) is 5.81. The van der Waals surface area contributed by atoms with E-state index in [2.05, 4.69) is 0 Å². The number of halogens is 1. The van der Waals surface area contributed by atoms with E-state index in [1.165, 1.54) is 6.08 Å². The molecule has 0 bridgehead atoms.